The molecule has 0 saturated heterocycles. The van der Waals surface area contributed by atoms with Gasteiger partial charge in [0, 0.05) is 31.8 Å². The van der Waals surface area contributed by atoms with Crippen molar-refractivity contribution in [2.45, 2.75) is 39.9 Å². The molecule has 0 radical (unpaired) electrons. The summed E-state index contributed by atoms with van der Waals surface area (Å²) in [7, 11) is 0. The first-order valence-corrected chi connectivity index (χ1v) is 6.22. The van der Waals surface area contributed by atoms with Crippen LogP contribution in [-0.4, -0.2) is 82.1 Å². The Balaban J connectivity index is -0.000000233. The van der Waals surface area contributed by atoms with E-state index in [0.29, 0.717) is 19.6 Å². The van der Waals surface area contributed by atoms with Crippen LogP contribution in [0.15, 0.2) is 0 Å². The van der Waals surface area contributed by atoms with Crippen LogP contribution >= 0.6 is 0 Å². The van der Waals surface area contributed by atoms with E-state index in [1.807, 2.05) is 0 Å². The van der Waals surface area contributed by atoms with Crippen LogP contribution in [0.25, 0.3) is 0 Å². The maximum absolute atomic E-state index is 8.48. The van der Waals surface area contributed by atoms with Crippen LogP contribution in [0.3, 0.4) is 0 Å². The van der Waals surface area contributed by atoms with Gasteiger partial charge in [-0.1, -0.05) is 0 Å². The fraction of sp³-hybridized carbons (Fsp3) is 1.00. The number of rotatable bonds is 6. The molecule has 0 aliphatic carbocycles. The zero-order valence-electron chi connectivity index (χ0n) is 12.1. The van der Waals surface area contributed by atoms with E-state index in [9.17, 15) is 0 Å². The summed E-state index contributed by atoms with van der Waals surface area (Å²) >= 11 is 0. The highest BCUT2D eigenvalue weighted by Crippen LogP contribution is 1.84. The molecule has 0 spiro atoms. The van der Waals surface area contributed by atoms with Crippen molar-refractivity contribution in [2.75, 3.05) is 39.5 Å². The molecule has 0 aromatic carbocycles. The van der Waals surface area contributed by atoms with Gasteiger partial charge in [0.2, 0.25) is 0 Å². The van der Waals surface area contributed by atoms with Gasteiger partial charge in [-0.05, 0) is 27.7 Å². The Labute approximate surface area is 110 Å². The Kier molecular flexibility index (Phi) is 24.3. The lowest BCUT2D eigenvalue weighted by molar-refractivity contribution is 0.136. The maximum Gasteiger partial charge on any atom is 0.0558 e. The van der Waals surface area contributed by atoms with Crippen molar-refractivity contribution in [3.05, 3.63) is 0 Å². The van der Waals surface area contributed by atoms with E-state index < -0.39 is 0 Å². The molecule has 0 unspecified atom stereocenters. The molecule has 0 aliphatic heterocycles. The number of hydrogen-bond donors (Lipinski definition) is 5. The summed E-state index contributed by atoms with van der Waals surface area (Å²) in [4.78, 5) is 1.79. The van der Waals surface area contributed by atoms with Gasteiger partial charge in [-0.3, -0.25) is 4.90 Å². The van der Waals surface area contributed by atoms with Crippen LogP contribution in [0.5, 0.6) is 0 Å². The largest absolute Gasteiger partial charge is 0.395 e. The third-order valence-corrected chi connectivity index (χ3v) is 1.25. The van der Waals surface area contributed by atoms with Crippen LogP contribution in [0.4, 0.5) is 0 Å². The zero-order chi connectivity index (χ0) is 15.0. The molecule has 5 N–H and O–H groups in total. The molecule has 0 saturated carbocycles. The second-order valence-corrected chi connectivity index (χ2v) is 4.20. The van der Waals surface area contributed by atoms with Gasteiger partial charge in [0.25, 0.3) is 0 Å². The third-order valence-electron chi connectivity index (χ3n) is 1.25. The van der Waals surface area contributed by atoms with Gasteiger partial charge in [-0.15, -0.1) is 0 Å². The van der Waals surface area contributed by atoms with E-state index >= 15 is 0 Å². The molecule has 0 amide bonds. The normalized spacial score (nSPS) is 10.0. The molecule has 114 valence electrons. The lowest BCUT2D eigenvalue weighted by Gasteiger charge is -2.17. The molecule has 18 heavy (non-hydrogen) atoms. The SMILES string of the molecule is CC(C)O.CC(C)O.OCCN(CCO)CCO. The van der Waals surface area contributed by atoms with Crippen molar-refractivity contribution in [2.24, 2.45) is 0 Å². The predicted octanol–water partition coefficient (Wildman–Crippen LogP) is -0.960. The molecule has 6 heteroatoms. The molecule has 0 fully saturated rings. The van der Waals surface area contributed by atoms with E-state index in [2.05, 4.69) is 0 Å². The van der Waals surface area contributed by atoms with Crippen molar-refractivity contribution in [1.82, 2.24) is 4.90 Å². The summed E-state index contributed by atoms with van der Waals surface area (Å²) in [5, 5.41) is 41.6. The van der Waals surface area contributed by atoms with Gasteiger partial charge in [0.15, 0.2) is 0 Å². The monoisotopic (exact) mass is 269 g/mol. The minimum absolute atomic E-state index is 0.0694. The van der Waals surface area contributed by atoms with Crippen molar-refractivity contribution in [3.8, 4) is 0 Å². The first-order valence-electron chi connectivity index (χ1n) is 6.22. The van der Waals surface area contributed by atoms with Crippen molar-refractivity contribution in [1.29, 1.82) is 0 Å². The van der Waals surface area contributed by atoms with Gasteiger partial charge in [-0.25, -0.2) is 0 Å². The molecule has 6 nitrogen and oxygen atoms in total. The summed E-state index contributed by atoms with van der Waals surface area (Å²) in [6, 6.07) is 0. The highest BCUT2D eigenvalue weighted by atomic mass is 16.3. The average Bonchev–Trinajstić information content (AvgIpc) is 2.17. The van der Waals surface area contributed by atoms with E-state index in [1.54, 1.807) is 32.6 Å². The smallest absolute Gasteiger partial charge is 0.0558 e. The topological polar surface area (TPSA) is 104 Å². The summed E-state index contributed by atoms with van der Waals surface area (Å²) in [6.07, 6.45) is -0.333. The second-order valence-electron chi connectivity index (χ2n) is 4.20. The van der Waals surface area contributed by atoms with Crippen LogP contribution in [0.1, 0.15) is 27.7 Å². The maximum atomic E-state index is 8.48. The van der Waals surface area contributed by atoms with E-state index in [4.69, 9.17) is 25.5 Å². The standard InChI is InChI=1S/C6H15NO3.2C3H8O/c8-4-1-7(2-5-9)3-6-10;2*1-3(2)4/h8-10H,1-6H2;2*3-4H,1-2H3. The van der Waals surface area contributed by atoms with Crippen LogP contribution in [0.2, 0.25) is 0 Å². The molecule has 0 atom stereocenters. The number of nitrogens with zero attached hydrogens (tertiary/aromatic N) is 1. The molecule has 0 bridgehead atoms. The highest BCUT2D eigenvalue weighted by Gasteiger charge is 2.00. The van der Waals surface area contributed by atoms with Gasteiger partial charge < -0.3 is 25.5 Å². The Bertz CT molecular complexity index is 108. The molecule has 0 aromatic rings. The summed E-state index contributed by atoms with van der Waals surface area (Å²) < 4.78 is 0. The van der Waals surface area contributed by atoms with Gasteiger partial charge in [0.05, 0.1) is 19.8 Å². The molecule has 0 heterocycles. The summed E-state index contributed by atoms with van der Waals surface area (Å²) in [5.41, 5.74) is 0. The first kappa shape index (κ1) is 22.9. The number of hydrogen-bond acceptors (Lipinski definition) is 6. The second kappa shape index (κ2) is 19.1. The molecule has 0 rings (SSSR count). The lowest BCUT2D eigenvalue weighted by atomic mass is 10.4. The Morgan fingerprint density at radius 1 is 0.667 bits per heavy atom. The average molecular weight is 269 g/mol. The highest BCUT2D eigenvalue weighted by molar-refractivity contribution is 4.54. The molecular formula is C12H31NO5. The minimum Gasteiger partial charge on any atom is -0.395 e. The zero-order valence-corrected chi connectivity index (χ0v) is 12.1. The van der Waals surface area contributed by atoms with Gasteiger partial charge in [-0.2, -0.15) is 0 Å². The predicted molar refractivity (Wildman–Crippen MR) is 72.4 cm³/mol. The van der Waals surface area contributed by atoms with Crippen LogP contribution < -0.4 is 0 Å². The molecular weight excluding hydrogens is 238 g/mol. The van der Waals surface area contributed by atoms with E-state index in [0.717, 1.165) is 0 Å². The van der Waals surface area contributed by atoms with Crippen molar-refractivity contribution >= 4 is 0 Å². The quantitative estimate of drug-likeness (QED) is 0.425. The van der Waals surface area contributed by atoms with Gasteiger partial charge in [0.1, 0.15) is 0 Å². The Hall–Kier alpha value is -0.240. The lowest BCUT2D eigenvalue weighted by Crippen LogP contribution is -2.32. The van der Waals surface area contributed by atoms with E-state index in [1.165, 1.54) is 0 Å². The Morgan fingerprint density at radius 2 is 0.833 bits per heavy atom. The minimum atomic E-state index is -0.167. The third kappa shape index (κ3) is 44.7. The molecule has 0 aromatic heterocycles. The van der Waals surface area contributed by atoms with Crippen molar-refractivity contribution in [3.63, 3.8) is 0 Å². The summed E-state index contributed by atoms with van der Waals surface area (Å²) in [5.74, 6) is 0. The van der Waals surface area contributed by atoms with E-state index in [-0.39, 0.29) is 32.0 Å². The number of aliphatic hydroxyl groups is 5. The molecule has 0 aliphatic rings. The fourth-order valence-electron chi connectivity index (χ4n) is 0.760. The first-order chi connectivity index (χ1) is 8.31. The van der Waals surface area contributed by atoms with Crippen LogP contribution in [0, 0.1) is 0 Å². The van der Waals surface area contributed by atoms with Crippen LogP contribution in [-0.2, 0) is 0 Å². The fourth-order valence-corrected chi connectivity index (χ4v) is 0.760. The summed E-state index contributed by atoms with van der Waals surface area (Å²) in [6.45, 7) is 8.64. The number of aliphatic hydroxyl groups excluding tert-OH is 5. The van der Waals surface area contributed by atoms with Gasteiger partial charge >= 0.3 is 0 Å². The Morgan fingerprint density at radius 3 is 0.944 bits per heavy atom. The van der Waals surface area contributed by atoms with Crippen molar-refractivity contribution < 1.29 is 25.5 Å².